The lowest BCUT2D eigenvalue weighted by Crippen LogP contribution is -2.64. The Balaban J connectivity index is 1.74. The molecule has 1 fully saturated rings. The van der Waals surface area contributed by atoms with Crippen LogP contribution in [0.1, 0.15) is 59.0 Å². The molecule has 2 aliphatic rings. The van der Waals surface area contributed by atoms with Crippen molar-refractivity contribution >= 4 is 11.8 Å². The Morgan fingerprint density at radius 1 is 1.10 bits per heavy atom. The number of amides is 2. The van der Waals surface area contributed by atoms with Crippen molar-refractivity contribution < 1.29 is 14.7 Å². The molecule has 4 rings (SSSR count). The summed E-state index contributed by atoms with van der Waals surface area (Å²) in [4.78, 5) is 27.4. The monoisotopic (exact) mass is 392 g/mol. The van der Waals surface area contributed by atoms with Crippen molar-refractivity contribution in [2.75, 3.05) is 13.6 Å². The van der Waals surface area contributed by atoms with E-state index in [0.29, 0.717) is 29.8 Å². The molecule has 1 saturated heterocycles. The zero-order chi connectivity index (χ0) is 21.0. The fourth-order valence-corrected chi connectivity index (χ4v) is 5.27. The van der Waals surface area contributed by atoms with Gasteiger partial charge in [0.15, 0.2) is 0 Å². The minimum atomic E-state index is -0.206. The Hall–Kier alpha value is -2.82. The summed E-state index contributed by atoms with van der Waals surface area (Å²) in [5.74, 6) is 0.0441. The first-order valence-corrected chi connectivity index (χ1v) is 10.1. The highest BCUT2D eigenvalue weighted by molar-refractivity contribution is 5.99. The molecule has 0 spiro atoms. The predicted octanol–water partition coefficient (Wildman–Crippen LogP) is 3.51. The van der Waals surface area contributed by atoms with E-state index in [-0.39, 0.29) is 28.7 Å². The molecule has 5 nitrogen and oxygen atoms in total. The second kappa shape index (κ2) is 6.61. The molecule has 2 bridgehead atoms. The van der Waals surface area contributed by atoms with Gasteiger partial charge in [-0.3, -0.25) is 9.59 Å². The molecule has 1 unspecified atom stereocenters. The molecule has 2 amide bonds. The highest BCUT2D eigenvalue weighted by Gasteiger charge is 2.57. The maximum absolute atomic E-state index is 13.5. The van der Waals surface area contributed by atoms with Crippen molar-refractivity contribution in [1.82, 2.24) is 10.2 Å². The van der Waals surface area contributed by atoms with Crippen molar-refractivity contribution in [3.8, 4) is 5.75 Å². The van der Waals surface area contributed by atoms with Crippen LogP contribution >= 0.6 is 0 Å². The summed E-state index contributed by atoms with van der Waals surface area (Å²) >= 11 is 0. The van der Waals surface area contributed by atoms with Crippen molar-refractivity contribution in [3.63, 3.8) is 0 Å². The quantitative estimate of drug-likeness (QED) is 0.822. The third-order valence-electron chi connectivity index (χ3n) is 7.49. The van der Waals surface area contributed by atoms with Gasteiger partial charge >= 0.3 is 0 Å². The van der Waals surface area contributed by atoms with Crippen LogP contribution in [0, 0.1) is 5.41 Å². The molecule has 1 aliphatic heterocycles. The fraction of sp³-hybridized carbons (Fsp3) is 0.417. The van der Waals surface area contributed by atoms with Crippen LogP contribution in [-0.4, -0.2) is 41.5 Å². The average Bonchev–Trinajstić information content (AvgIpc) is 2.70. The summed E-state index contributed by atoms with van der Waals surface area (Å²) in [7, 11) is 1.58. The maximum atomic E-state index is 13.5. The lowest BCUT2D eigenvalue weighted by atomic mass is 9.51. The molecule has 2 atom stereocenters. The number of aromatic hydroxyl groups is 1. The number of carbonyl (C=O) groups excluding carboxylic acids is 2. The Bertz CT molecular complexity index is 997. The van der Waals surface area contributed by atoms with Gasteiger partial charge in [-0.1, -0.05) is 39.0 Å². The van der Waals surface area contributed by atoms with Gasteiger partial charge in [-0.2, -0.15) is 0 Å². The highest BCUT2D eigenvalue weighted by atomic mass is 16.3. The molecule has 0 radical (unpaired) electrons. The van der Waals surface area contributed by atoms with Crippen molar-refractivity contribution in [2.24, 2.45) is 5.41 Å². The van der Waals surface area contributed by atoms with E-state index in [1.54, 1.807) is 37.4 Å². The van der Waals surface area contributed by atoms with E-state index < -0.39 is 0 Å². The average molecular weight is 392 g/mol. The van der Waals surface area contributed by atoms with Crippen LogP contribution in [0.2, 0.25) is 0 Å². The van der Waals surface area contributed by atoms with Crippen LogP contribution in [0.5, 0.6) is 5.75 Å². The Labute approximate surface area is 171 Å². The first kappa shape index (κ1) is 19.5. The number of hydrogen-bond donors (Lipinski definition) is 2. The van der Waals surface area contributed by atoms with E-state index in [1.165, 1.54) is 5.56 Å². The zero-order valence-corrected chi connectivity index (χ0v) is 17.5. The van der Waals surface area contributed by atoms with E-state index in [2.05, 4.69) is 32.2 Å². The molecule has 29 heavy (non-hydrogen) atoms. The number of rotatable bonds is 2. The normalized spacial score (nSPS) is 24.6. The summed E-state index contributed by atoms with van der Waals surface area (Å²) in [5.41, 5.74) is 2.88. The van der Waals surface area contributed by atoms with Crippen LogP contribution in [0.4, 0.5) is 0 Å². The maximum Gasteiger partial charge on any atom is 0.254 e. The van der Waals surface area contributed by atoms with Crippen LogP contribution < -0.4 is 5.32 Å². The lowest BCUT2D eigenvalue weighted by Gasteiger charge is -2.60. The zero-order valence-electron chi connectivity index (χ0n) is 17.5. The number of likely N-dealkylation sites (tertiary alicyclic amines) is 1. The third-order valence-corrected chi connectivity index (χ3v) is 7.49. The molecule has 0 aromatic heterocycles. The number of hydrogen-bond acceptors (Lipinski definition) is 3. The van der Waals surface area contributed by atoms with Gasteiger partial charge in [-0.15, -0.1) is 0 Å². The second-order valence-electron chi connectivity index (χ2n) is 8.99. The summed E-state index contributed by atoms with van der Waals surface area (Å²) in [6.45, 7) is 7.37. The van der Waals surface area contributed by atoms with E-state index in [9.17, 15) is 14.7 Å². The fourth-order valence-electron chi connectivity index (χ4n) is 5.27. The first-order chi connectivity index (χ1) is 13.7. The van der Waals surface area contributed by atoms with Gasteiger partial charge < -0.3 is 15.3 Å². The molecule has 1 aliphatic carbocycles. The molecule has 2 aromatic rings. The number of carbonyl (C=O) groups is 2. The summed E-state index contributed by atoms with van der Waals surface area (Å²) < 4.78 is 0. The number of piperidine rings is 1. The van der Waals surface area contributed by atoms with Gasteiger partial charge in [0.2, 0.25) is 0 Å². The number of phenols is 1. The molecule has 152 valence electrons. The number of fused-ring (bicyclic) bond motifs is 4. The molecule has 0 saturated carbocycles. The van der Waals surface area contributed by atoms with Gasteiger partial charge in [0, 0.05) is 36.2 Å². The minimum Gasteiger partial charge on any atom is -0.508 e. The predicted molar refractivity (Wildman–Crippen MR) is 112 cm³/mol. The molecule has 5 heteroatoms. The largest absolute Gasteiger partial charge is 0.508 e. The topological polar surface area (TPSA) is 69.6 Å². The number of benzene rings is 2. The Morgan fingerprint density at radius 3 is 2.52 bits per heavy atom. The van der Waals surface area contributed by atoms with Crippen LogP contribution in [0.15, 0.2) is 42.5 Å². The number of phenolic OH excluding ortho intramolecular Hbond substituents is 1. The standard InChI is InChI=1S/C24H28N2O3/c1-23(2)20-14-17-18(9-6-10-19(17)27)24(23,3)11-12-26(20)22(29)16-8-5-7-15(13-16)21(28)25-4/h5-10,13,20,27H,11-12,14H2,1-4H3,(H,25,28)/t20?,24-/m0/s1. The SMILES string of the molecule is CNC(=O)c1cccc(C(=O)N2CC[C@@]3(C)c4cccc(O)c4CC2C3(C)C)c1. The van der Waals surface area contributed by atoms with Gasteiger partial charge in [0.1, 0.15) is 5.75 Å². The molecule has 2 aromatic carbocycles. The van der Waals surface area contributed by atoms with Crippen LogP contribution in [-0.2, 0) is 11.8 Å². The molecular weight excluding hydrogens is 364 g/mol. The van der Waals surface area contributed by atoms with Crippen LogP contribution in [0.3, 0.4) is 0 Å². The first-order valence-electron chi connectivity index (χ1n) is 10.1. The summed E-state index contributed by atoms with van der Waals surface area (Å²) in [5, 5.41) is 13.1. The van der Waals surface area contributed by atoms with Crippen molar-refractivity contribution in [2.45, 2.75) is 45.1 Å². The summed E-state index contributed by atoms with van der Waals surface area (Å²) in [6.07, 6.45) is 1.46. The third kappa shape index (κ3) is 2.75. The highest BCUT2D eigenvalue weighted by Crippen LogP contribution is 2.57. The molecule has 1 heterocycles. The Kier molecular flexibility index (Phi) is 4.45. The van der Waals surface area contributed by atoms with E-state index >= 15 is 0 Å². The summed E-state index contributed by atoms with van der Waals surface area (Å²) in [6, 6.07) is 12.6. The smallest absolute Gasteiger partial charge is 0.254 e. The van der Waals surface area contributed by atoms with E-state index in [4.69, 9.17) is 0 Å². The molecular formula is C24H28N2O3. The van der Waals surface area contributed by atoms with Gasteiger partial charge in [0.05, 0.1) is 0 Å². The lowest BCUT2D eigenvalue weighted by molar-refractivity contribution is -0.0266. The van der Waals surface area contributed by atoms with Gasteiger partial charge in [-0.05, 0) is 53.6 Å². The Morgan fingerprint density at radius 2 is 1.79 bits per heavy atom. The van der Waals surface area contributed by atoms with Crippen molar-refractivity contribution in [3.05, 3.63) is 64.7 Å². The minimum absolute atomic E-state index is 0.0294. The van der Waals surface area contributed by atoms with E-state index in [0.717, 1.165) is 12.0 Å². The van der Waals surface area contributed by atoms with Gasteiger partial charge in [0.25, 0.3) is 11.8 Å². The van der Waals surface area contributed by atoms with Crippen LogP contribution in [0.25, 0.3) is 0 Å². The van der Waals surface area contributed by atoms with Crippen molar-refractivity contribution in [1.29, 1.82) is 0 Å². The number of nitrogens with one attached hydrogen (secondary N) is 1. The molecule has 2 N–H and O–H groups in total. The second-order valence-corrected chi connectivity index (χ2v) is 8.99. The number of nitrogens with zero attached hydrogens (tertiary/aromatic N) is 1. The van der Waals surface area contributed by atoms with E-state index in [1.807, 2.05) is 11.0 Å². The van der Waals surface area contributed by atoms with Gasteiger partial charge in [-0.25, -0.2) is 0 Å².